The van der Waals surface area contributed by atoms with Crippen LogP contribution in [-0.2, 0) is 18.4 Å². The molecule has 2 aromatic heterocycles. The number of pyridine rings is 1. The second-order valence-corrected chi connectivity index (χ2v) is 7.36. The lowest BCUT2D eigenvalue weighted by molar-refractivity contribution is -0.137. The monoisotopic (exact) mass is 368 g/mol. The summed E-state index contributed by atoms with van der Waals surface area (Å²) in [6.45, 7) is 5.26. The summed E-state index contributed by atoms with van der Waals surface area (Å²) < 4.78 is 16.5. The fourth-order valence-electron chi connectivity index (χ4n) is 3.55. The minimum Gasteiger partial charge on any atom is -0.340 e. The number of amides is 1. The van der Waals surface area contributed by atoms with Gasteiger partial charge in [0, 0.05) is 31.9 Å². The van der Waals surface area contributed by atoms with E-state index in [-0.39, 0.29) is 24.0 Å². The molecule has 0 aliphatic carbocycles. The zero-order valence-corrected chi connectivity index (χ0v) is 15.6. The standard InChI is InChI=1S/C20H21FN4O2/c1-12-9-24(10-12)18(26)11-25-17-7-15(8-22-19(17)23(3)20(25)27)14-4-5-16(21)13(2)6-14/h4-8,12H,9-11H2,1-3H3. The van der Waals surface area contributed by atoms with Crippen LogP contribution in [0.5, 0.6) is 0 Å². The van der Waals surface area contributed by atoms with E-state index < -0.39 is 0 Å². The Hall–Kier alpha value is -2.96. The van der Waals surface area contributed by atoms with Crippen LogP contribution >= 0.6 is 0 Å². The molecule has 4 rings (SSSR count). The van der Waals surface area contributed by atoms with Crippen LogP contribution in [0.4, 0.5) is 4.39 Å². The predicted molar refractivity (Wildman–Crippen MR) is 101 cm³/mol. The van der Waals surface area contributed by atoms with Gasteiger partial charge in [-0.1, -0.05) is 13.0 Å². The minimum absolute atomic E-state index is 0.00350. The van der Waals surface area contributed by atoms with Crippen LogP contribution < -0.4 is 5.69 Å². The van der Waals surface area contributed by atoms with E-state index in [1.807, 2.05) is 6.07 Å². The molecule has 0 spiro atoms. The van der Waals surface area contributed by atoms with Crippen LogP contribution in [0.15, 0.2) is 35.3 Å². The van der Waals surface area contributed by atoms with Gasteiger partial charge in [0.2, 0.25) is 5.91 Å². The number of rotatable bonds is 3. The maximum Gasteiger partial charge on any atom is 0.330 e. The summed E-state index contributed by atoms with van der Waals surface area (Å²) in [6.07, 6.45) is 1.66. The predicted octanol–water partition coefficient (Wildman–Crippen LogP) is 2.33. The van der Waals surface area contributed by atoms with Crippen LogP contribution in [0.2, 0.25) is 0 Å². The van der Waals surface area contributed by atoms with Crippen molar-refractivity contribution in [2.45, 2.75) is 20.4 Å². The third-order valence-corrected chi connectivity index (χ3v) is 5.18. The first-order valence-electron chi connectivity index (χ1n) is 8.94. The molecule has 1 amide bonds. The highest BCUT2D eigenvalue weighted by Crippen LogP contribution is 2.24. The maximum atomic E-state index is 13.6. The van der Waals surface area contributed by atoms with E-state index in [9.17, 15) is 14.0 Å². The Kier molecular flexibility index (Phi) is 4.09. The van der Waals surface area contributed by atoms with Crippen molar-refractivity contribution in [3.8, 4) is 11.1 Å². The molecule has 1 fully saturated rings. The molecule has 1 aliphatic heterocycles. The molecule has 1 saturated heterocycles. The largest absolute Gasteiger partial charge is 0.340 e. The summed E-state index contributed by atoms with van der Waals surface area (Å²) in [5.74, 6) is 0.178. The van der Waals surface area contributed by atoms with Gasteiger partial charge in [0.1, 0.15) is 12.4 Å². The van der Waals surface area contributed by atoms with Gasteiger partial charge in [-0.15, -0.1) is 0 Å². The summed E-state index contributed by atoms with van der Waals surface area (Å²) in [6, 6.07) is 6.68. The zero-order valence-electron chi connectivity index (χ0n) is 15.6. The number of halogens is 1. The molecular formula is C20H21FN4O2. The van der Waals surface area contributed by atoms with Crippen LogP contribution in [0.1, 0.15) is 12.5 Å². The summed E-state index contributed by atoms with van der Waals surface area (Å²) in [7, 11) is 1.64. The van der Waals surface area contributed by atoms with E-state index in [4.69, 9.17) is 0 Å². The Morgan fingerprint density at radius 2 is 2.00 bits per heavy atom. The lowest BCUT2D eigenvalue weighted by Crippen LogP contribution is -2.50. The molecule has 0 unspecified atom stereocenters. The molecule has 0 saturated carbocycles. The van der Waals surface area contributed by atoms with E-state index in [0.717, 1.165) is 24.2 Å². The highest BCUT2D eigenvalue weighted by atomic mass is 19.1. The number of fused-ring (bicyclic) bond motifs is 1. The van der Waals surface area contributed by atoms with Crippen LogP contribution in [0.25, 0.3) is 22.3 Å². The quantitative estimate of drug-likeness (QED) is 0.713. The molecule has 0 atom stereocenters. The summed E-state index contributed by atoms with van der Waals surface area (Å²) in [5.41, 5.74) is 2.98. The fourth-order valence-corrected chi connectivity index (χ4v) is 3.55. The van der Waals surface area contributed by atoms with Gasteiger partial charge in [0.15, 0.2) is 5.65 Å². The highest BCUT2D eigenvalue weighted by Gasteiger charge is 2.28. The highest BCUT2D eigenvalue weighted by molar-refractivity contribution is 5.82. The van der Waals surface area contributed by atoms with Crippen molar-refractivity contribution in [1.29, 1.82) is 0 Å². The second-order valence-electron chi connectivity index (χ2n) is 7.36. The first-order valence-corrected chi connectivity index (χ1v) is 8.94. The number of imidazole rings is 1. The van der Waals surface area contributed by atoms with E-state index in [1.165, 1.54) is 15.2 Å². The van der Waals surface area contributed by atoms with Crippen LogP contribution in [0.3, 0.4) is 0 Å². The molecule has 1 aliphatic rings. The van der Waals surface area contributed by atoms with Crippen molar-refractivity contribution in [3.05, 3.63) is 52.3 Å². The van der Waals surface area contributed by atoms with Crippen molar-refractivity contribution in [3.63, 3.8) is 0 Å². The molecule has 0 N–H and O–H groups in total. The molecule has 0 bridgehead atoms. The van der Waals surface area contributed by atoms with Crippen molar-refractivity contribution in [2.75, 3.05) is 13.1 Å². The number of carbonyl (C=O) groups is 1. The van der Waals surface area contributed by atoms with Gasteiger partial charge in [0.25, 0.3) is 0 Å². The molecule has 1 aromatic carbocycles. The topological polar surface area (TPSA) is 60.1 Å². The molecule has 6 nitrogen and oxygen atoms in total. The van der Waals surface area contributed by atoms with Crippen molar-refractivity contribution < 1.29 is 9.18 Å². The van der Waals surface area contributed by atoms with Crippen molar-refractivity contribution in [2.24, 2.45) is 13.0 Å². The Balaban J connectivity index is 1.76. The molecular weight excluding hydrogens is 347 g/mol. The third kappa shape index (κ3) is 2.93. The van der Waals surface area contributed by atoms with E-state index in [0.29, 0.717) is 22.6 Å². The molecule has 27 heavy (non-hydrogen) atoms. The van der Waals surface area contributed by atoms with E-state index in [1.54, 1.807) is 37.2 Å². The van der Waals surface area contributed by atoms with Crippen LogP contribution in [0, 0.1) is 18.7 Å². The SMILES string of the molecule is Cc1cc(-c2cnc3c(c2)n(CC(=O)N2CC(C)C2)c(=O)n3C)ccc1F. The second kappa shape index (κ2) is 6.33. The van der Waals surface area contributed by atoms with Gasteiger partial charge in [-0.2, -0.15) is 0 Å². The Bertz CT molecular complexity index is 1110. The summed E-state index contributed by atoms with van der Waals surface area (Å²) in [4.78, 5) is 31.3. The lowest BCUT2D eigenvalue weighted by Gasteiger charge is -2.37. The number of hydrogen-bond donors (Lipinski definition) is 0. The van der Waals surface area contributed by atoms with Gasteiger partial charge in [-0.25, -0.2) is 14.2 Å². The Labute approximate surface area is 155 Å². The smallest absolute Gasteiger partial charge is 0.330 e. The Morgan fingerprint density at radius 3 is 2.67 bits per heavy atom. The number of hydrogen-bond acceptors (Lipinski definition) is 3. The zero-order chi connectivity index (χ0) is 19.3. The van der Waals surface area contributed by atoms with E-state index >= 15 is 0 Å². The molecule has 3 aromatic rings. The van der Waals surface area contributed by atoms with Crippen molar-refractivity contribution in [1.82, 2.24) is 19.0 Å². The van der Waals surface area contributed by atoms with Gasteiger partial charge in [-0.3, -0.25) is 13.9 Å². The maximum absolute atomic E-state index is 13.6. The van der Waals surface area contributed by atoms with Gasteiger partial charge < -0.3 is 4.90 Å². The minimum atomic E-state index is -0.271. The first-order chi connectivity index (χ1) is 12.8. The van der Waals surface area contributed by atoms with Gasteiger partial charge >= 0.3 is 5.69 Å². The summed E-state index contributed by atoms with van der Waals surface area (Å²) >= 11 is 0. The van der Waals surface area contributed by atoms with E-state index in [2.05, 4.69) is 11.9 Å². The first kappa shape index (κ1) is 17.5. The number of aryl methyl sites for hydroxylation is 2. The average Bonchev–Trinajstić information content (AvgIpc) is 2.85. The van der Waals surface area contributed by atoms with Gasteiger partial charge in [-0.05, 0) is 42.2 Å². The normalized spacial score (nSPS) is 14.6. The average molecular weight is 368 g/mol. The fraction of sp³-hybridized carbons (Fsp3) is 0.350. The number of likely N-dealkylation sites (tertiary alicyclic amines) is 1. The summed E-state index contributed by atoms with van der Waals surface area (Å²) in [5, 5.41) is 0. The molecule has 3 heterocycles. The third-order valence-electron chi connectivity index (χ3n) is 5.18. The van der Waals surface area contributed by atoms with Crippen molar-refractivity contribution >= 4 is 17.1 Å². The molecule has 7 heteroatoms. The van der Waals surface area contributed by atoms with Crippen LogP contribution in [-0.4, -0.2) is 38.0 Å². The number of aromatic nitrogens is 3. The lowest BCUT2D eigenvalue weighted by atomic mass is 10.0. The van der Waals surface area contributed by atoms with Gasteiger partial charge in [0.05, 0.1) is 5.52 Å². The number of benzene rings is 1. The Morgan fingerprint density at radius 1 is 1.26 bits per heavy atom. The molecule has 0 radical (unpaired) electrons. The number of nitrogens with zero attached hydrogens (tertiary/aromatic N) is 4. The number of carbonyl (C=O) groups excluding carboxylic acids is 1. The molecule has 140 valence electrons.